The number of ether oxygens (including phenoxy) is 1. The van der Waals surface area contributed by atoms with E-state index in [4.69, 9.17) is 22.1 Å². The Hall–Kier alpha value is -3.22. The SMILES string of the molecule is COc1ccc(F)cc1S(=O)(=O)C12CN(C(C)C)C(=O)C(Cc3ccc(Cl)cc3)N1C(=O)CC(C(N)=O)N2. The average Bonchev–Trinajstić information content (AvgIpc) is 2.86. The van der Waals surface area contributed by atoms with Crippen LogP contribution in [0.1, 0.15) is 25.8 Å². The minimum Gasteiger partial charge on any atom is -0.495 e. The summed E-state index contributed by atoms with van der Waals surface area (Å²) in [6, 6.07) is 6.44. The van der Waals surface area contributed by atoms with Gasteiger partial charge in [0, 0.05) is 17.5 Å². The lowest BCUT2D eigenvalue weighted by Crippen LogP contribution is -2.83. The molecule has 0 aromatic heterocycles. The van der Waals surface area contributed by atoms with Crippen LogP contribution in [0.3, 0.4) is 0 Å². The van der Waals surface area contributed by atoms with Gasteiger partial charge >= 0.3 is 0 Å². The van der Waals surface area contributed by atoms with E-state index in [1.807, 2.05) is 0 Å². The van der Waals surface area contributed by atoms with E-state index in [-0.39, 0.29) is 12.2 Å². The van der Waals surface area contributed by atoms with Crippen LogP contribution in [0.15, 0.2) is 47.4 Å². The number of rotatable bonds is 7. The van der Waals surface area contributed by atoms with Gasteiger partial charge in [0.1, 0.15) is 22.5 Å². The van der Waals surface area contributed by atoms with Crippen molar-refractivity contribution in [2.75, 3.05) is 13.7 Å². The van der Waals surface area contributed by atoms with Crippen molar-refractivity contribution in [1.29, 1.82) is 0 Å². The zero-order valence-electron chi connectivity index (χ0n) is 21.0. The number of carbonyl (C=O) groups is 3. The van der Waals surface area contributed by atoms with Gasteiger partial charge in [0.05, 0.1) is 26.1 Å². The number of methoxy groups -OCH3 is 1. The van der Waals surface area contributed by atoms with Crippen molar-refractivity contribution in [3.63, 3.8) is 0 Å². The van der Waals surface area contributed by atoms with E-state index in [1.54, 1.807) is 38.1 Å². The van der Waals surface area contributed by atoms with E-state index < -0.39 is 74.4 Å². The average molecular weight is 567 g/mol. The highest BCUT2D eigenvalue weighted by molar-refractivity contribution is 7.93. The molecule has 13 heteroatoms. The number of nitrogens with zero attached hydrogens (tertiary/aromatic N) is 2. The number of hydrogen-bond acceptors (Lipinski definition) is 7. The number of nitrogens with one attached hydrogen (secondary N) is 1. The zero-order valence-corrected chi connectivity index (χ0v) is 22.6. The smallest absolute Gasteiger partial charge is 0.246 e. The van der Waals surface area contributed by atoms with Gasteiger partial charge in [-0.05, 0) is 49.7 Å². The van der Waals surface area contributed by atoms with Crippen molar-refractivity contribution < 1.29 is 31.9 Å². The van der Waals surface area contributed by atoms with Gasteiger partial charge < -0.3 is 15.4 Å². The Morgan fingerprint density at radius 1 is 1.24 bits per heavy atom. The van der Waals surface area contributed by atoms with Crippen molar-refractivity contribution >= 4 is 39.2 Å². The van der Waals surface area contributed by atoms with Crippen molar-refractivity contribution in [3.05, 3.63) is 58.9 Å². The van der Waals surface area contributed by atoms with E-state index in [0.717, 1.165) is 23.1 Å². The van der Waals surface area contributed by atoms with Crippen LogP contribution in [0.25, 0.3) is 0 Å². The summed E-state index contributed by atoms with van der Waals surface area (Å²) in [5.74, 6) is -3.20. The maximum Gasteiger partial charge on any atom is 0.246 e. The van der Waals surface area contributed by atoms with E-state index in [0.29, 0.717) is 10.6 Å². The van der Waals surface area contributed by atoms with E-state index >= 15 is 0 Å². The van der Waals surface area contributed by atoms with Gasteiger partial charge in [0.2, 0.25) is 32.6 Å². The molecule has 4 rings (SSSR count). The van der Waals surface area contributed by atoms with Gasteiger partial charge in [-0.15, -0.1) is 0 Å². The number of amides is 3. The van der Waals surface area contributed by atoms with Crippen LogP contribution >= 0.6 is 11.6 Å². The Morgan fingerprint density at radius 3 is 2.47 bits per heavy atom. The highest BCUT2D eigenvalue weighted by Gasteiger charge is 2.64. The Labute approximate surface area is 224 Å². The first-order chi connectivity index (χ1) is 17.8. The monoisotopic (exact) mass is 566 g/mol. The lowest BCUT2D eigenvalue weighted by atomic mass is 9.95. The first kappa shape index (κ1) is 27.8. The van der Waals surface area contributed by atoms with Crippen LogP contribution < -0.4 is 15.8 Å². The molecule has 3 amide bonds. The van der Waals surface area contributed by atoms with Gasteiger partial charge in [0.15, 0.2) is 0 Å². The largest absolute Gasteiger partial charge is 0.495 e. The molecule has 2 aromatic rings. The molecule has 0 aliphatic carbocycles. The van der Waals surface area contributed by atoms with Crippen molar-refractivity contribution in [3.8, 4) is 5.75 Å². The second-order valence-corrected chi connectivity index (χ2v) is 12.1. The molecule has 3 N–H and O–H groups in total. The molecule has 10 nitrogen and oxygen atoms in total. The number of primary amides is 1. The molecule has 0 saturated carbocycles. The Kier molecular flexibility index (Phi) is 7.43. The third kappa shape index (κ3) is 4.61. The molecular weight excluding hydrogens is 539 g/mol. The van der Waals surface area contributed by atoms with Gasteiger partial charge in [-0.1, -0.05) is 23.7 Å². The third-order valence-electron chi connectivity index (χ3n) is 6.87. The number of nitrogens with two attached hydrogens (primary N) is 1. The maximum absolute atomic E-state index is 14.5. The van der Waals surface area contributed by atoms with Crippen molar-refractivity contribution in [2.45, 2.75) is 54.7 Å². The molecule has 0 radical (unpaired) electrons. The molecule has 0 bridgehead atoms. The first-order valence-electron chi connectivity index (χ1n) is 11.8. The molecule has 2 fully saturated rings. The van der Waals surface area contributed by atoms with Crippen LogP contribution in [-0.4, -0.2) is 72.7 Å². The fourth-order valence-corrected chi connectivity index (χ4v) is 7.26. The highest BCUT2D eigenvalue weighted by atomic mass is 35.5. The summed E-state index contributed by atoms with van der Waals surface area (Å²) in [6.45, 7) is 2.87. The molecule has 2 aromatic carbocycles. The second-order valence-electron chi connectivity index (χ2n) is 9.56. The summed E-state index contributed by atoms with van der Waals surface area (Å²) in [4.78, 5) is 39.0. The van der Waals surface area contributed by atoms with E-state index in [2.05, 4.69) is 5.32 Å². The molecule has 204 valence electrons. The number of sulfone groups is 1. The lowest BCUT2D eigenvalue weighted by molar-refractivity contribution is -0.167. The van der Waals surface area contributed by atoms with Crippen LogP contribution in [-0.2, 0) is 30.6 Å². The number of hydrogen-bond donors (Lipinski definition) is 2. The van der Waals surface area contributed by atoms with Gasteiger partial charge in [-0.25, -0.2) is 12.8 Å². The summed E-state index contributed by atoms with van der Waals surface area (Å²) in [7, 11) is -3.54. The van der Waals surface area contributed by atoms with E-state index in [1.165, 1.54) is 12.0 Å². The molecule has 2 saturated heterocycles. The minimum atomic E-state index is -4.76. The minimum absolute atomic E-state index is 0.0363. The fraction of sp³-hybridized carbons (Fsp3) is 0.400. The Morgan fingerprint density at radius 2 is 1.89 bits per heavy atom. The van der Waals surface area contributed by atoms with Crippen LogP contribution in [0.4, 0.5) is 4.39 Å². The van der Waals surface area contributed by atoms with Crippen molar-refractivity contribution in [1.82, 2.24) is 15.1 Å². The topological polar surface area (TPSA) is 139 Å². The lowest BCUT2D eigenvalue weighted by Gasteiger charge is -2.57. The third-order valence-corrected chi connectivity index (χ3v) is 9.35. The number of halogens is 2. The molecule has 0 spiro atoms. The van der Waals surface area contributed by atoms with Crippen LogP contribution in [0.2, 0.25) is 5.02 Å². The predicted octanol–water partition coefficient (Wildman–Crippen LogP) is 1.45. The van der Waals surface area contributed by atoms with E-state index in [9.17, 15) is 27.2 Å². The summed E-state index contributed by atoms with van der Waals surface area (Å²) in [5, 5.41) is 3.25. The number of fused-ring (bicyclic) bond motifs is 1. The number of piperazine rings is 1. The summed E-state index contributed by atoms with van der Waals surface area (Å²) >= 11 is 6.00. The summed E-state index contributed by atoms with van der Waals surface area (Å²) in [5.41, 5.74) is 6.14. The quantitative estimate of drug-likeness (QED) is 0.517. The van der Waals surface area contributed by atoms with Gasteiger partial charge in [-0.2, -0.15) is 0 Å². The van der Waals surface area contributed by atoms with Crippen LogP contribution in [0.5, 0.6) is 5.75 Å². The maximum atomic E-state index is 14.5. The van der Waals surface area contributed by atoms with Gasteiger partial charge in [0.25, 0.3) is 0 Å². The Bertz CT molecular complexity index is 1390. The van der Waals surface area contributed by atoms with Gasteiger partial charge in [-0.3, -0.25) is 24.6 Å². The van der Waals surface area contributed by atoms with Crippen molar-refractivity contribution in [2.24, 2.45) is 5.73 Å². The summed E-state index contributed by atoms with van der Waals surface area (Å²) < 4.78 is 48.6. The standard InChI is InChI=1S/C25H28ClFN4O6S/c1-14(2)30-13-25(38(35,36)21-11-17(27)8-9-20(21)37-3)29-18(23(28)33)12-22(32)31(25)19(24(30)34)10-15-4-6-16(26)7-5-15/h4-9,11,14,18-19,29H,10,12-13H2,1-3H3,(H2,28,33). The number of benzene rings is 2. The molecule has 2 aliphatic heterocycles. The van der Waals surface area contributed by atoms with Crippen LogP contribution in [0, 0.1) is 5.82 Å². The molecule has 38 heavy (non-hydrogen) atoms. The fourth-order valence-electron chi connectivity index (χ4n) is 4.99. The summed E-state index contributed by atoms with van der Waals surface area (Å²) in [6.07, 6.45) is -0.496. The second kappa shape index (κ2) is 10.2. The Balaban J connectivity index is 1.98. The molecular formula is C25H28ClFN4O6S. The first-order valence-corrected chi connectivity index (χ1v) is 13.7. The zero-order chi connectivity index (χ0) is 28.0. The highest BCUT2D eigenvalue weighted by Crippen LogP contribution is 2.41. The normalized spacial score (nSPS) is 23.9. The number of carbonyl (C=O) groups excluding carboxylic acids is 3. The molecule has 2 aliphatic rings. The molecule has 3 atom stereocenters. The molecule has 2 heterocycles. The molecule has 3 unspecified atom stereocenters. The predicted molar refractivity (Wildman–Crippen MR) is 136 cm³/mol.